The minimum Gasteiger partial charge on any atom is -0.434 e. The smallest absolute Gasteiger partial charge is 0.271 e. The van der Waals surface area contributed by atoms with Crippen LogP contribution in [0.25, 0.3) is 0 Å². The molecular formula is C8H3Cl2N3O3S. The quantitative estimate of drug-likeness (QED) is 0.638. The Kier molecular flexibility index (Phi) is 3.41. The number of non-ortho nitro benzene ring substituents is 1. The summed E-state index contributed by atoms with van der Waals surface area (Å²) in [7, 11) is 0. The Labute approximate surface area is 109 Å². The van der Waals surface area contributed by atoms with Crippen LogP contribution in [0, 0.1) is 10.1 Å². The largest absolute Gasteiger partial charge is 0.434 e. The Hall–Kier alpha value is -1.44. The van der Waals surface area contributed by atoms with Crippen LogP contribution in [-0.4, -0.2) is 13.7 Å². The zero-order chi connectivity index (χ0) is 12.4. The molecule has 0 aliphatic heterocycles. The zero-order valence-corrected chi connectivity index (χ0v) is 10.3. The number of aromatic nitrogens is 2. The number of hydrogen-bond acceptors (Lipinski definition) is 6. The van der Waals surface area contributed by atoms with E-state index in [9.17, 15) is 10.1 Å². The van der Waals surface area contributed by atoms with E-state index in [4.69, 9.17) is 27.9 Å². The summed E-state index contributed by atoms with van der Waals surface area (Å²) in [6.07, 6.45) is 0. The summed E-state index contributed by atoms with van der Waals surface area (Å²) in [6.45, 7) is 0. The third-order valence-electron chi connectivity index (χ3n) is 1.75. The van der Waals surface area contributed by atoms with E-state index in [1.165, 1.54) is 18.2 Å². The third-order valence-corrected chi connectivity index (χ3v) is 2.91. The van der Waals surface area contributed by atoms with Gasteiger partial charge in [0.15, 0.2) is 0 Å². The van der Waals surface area contributed by atoms with Crippen LogP contribution in [0.1, 0.15) is 0 Å². The highest BCUT2D eigenvalue weighted by atomic mass is 35.5. The van der Waals surface area contributed by atoms with Crippen molar-refractivity contribution in [2.24, 2.45) is 0 Å². The highest BCUT2D eigenvalue weighted by molar-refractivity contribution is 6.99. The molecule has 0 bridgehead atoms. The van der Waals surface area contributed by atoms with Gasteiger partial charge in [-0.05, 0) is 6.07 Å². The minimum absolute atomic E-state index is 0.100. The molecule has 6 nitrogen and oxygen atoms in total. The Morgan fingerprint density at radius 2 is 2.12 bits per heavy atom. The average molecular weight is 292 g/mol. The van der Waals surface area contributed by atoms with Gasteiger partial charge < -0.3 is 4.74 Å². The van der Waals surface area contributed by atoms with E-state index in [0.717, 1.165) is 11.7 Å². The molecule has 9 heteroatoms. The van der Waals surface area contributed by atoms with Crippen LogP contribution in [0.15, 0.2) is 18.2 Å². The van der Waals surface area contributed by atoms with Gasteiger partial charge in [0.2, 0.25) is 5.15 Å². The molecule has 0 aliphatic rings. The van der Waals surface area contributed by atoms with Crippen LogP contribution in [0.5, 0.6) is 11.6 Å². The van der Waals surface area contributed by atoms with Gasteiger partial charge in [-0.15, -0.1) is 4.37 Å². The summed E-state index contributed by atoms with van der Waals surface area (Å²) in [5.74, 6) is 0.347. The van der Waals surface area contributed by atoms with Crippen molar-refractivity contribution < 1.29 is 9.66 Å². The molecule has 1 aromatic heterocycles. The van der Waals surface area contributed by atoms with Gasteiger partial charge in [-0.1, -0.05) is 23.2 Å². The molecule has 2 rings (SSSR count). The van der Waals surface area contributed by atoms with Crippen LogP contribution in [0.2, 0.25) is 10.2 Å². The highest BCUT2D eigenvalue weighted by Gasteiger charge is 2.13. The first-order valence-electron chi connectivity index (χ1n) is 4.18. The molecule has 88 valence electrons. The molecule has 0 unspecified atom stereocenters. The minimum atomic E-state index is -0.549. The first kappa shape index (κ1) is 12.0. The summed E-state index contributed by atoms with van der Waals surface area (Å²) >= 11 is 12.4. The molecule has 0 radical (unpaired) electrons. The fourth-order valence-corrected chi connectivity index (χ4v) is 1.85. The topological polar surface area (TPSA) is 78.2 Å². The van der Waals surface area contributed by atoms with Crippen molar-refractivity contribution in [1.82, 2.24) is 8.75 Å². The van der Waals surface area contributed by atoms with Crippen molar-refractivity contribution in [2.45, 2.75) is 0 Å². The van der Waals surface area contributed by atoms with Gasteiger partial charge in [0, 0.05) is 12.1 Å². The van der Waals surface area contributed by atoms with E-state index < -0.39 is 4.92 Å². The lowest BCUT2D eigenvalue weighted by molar-refractivity contribution is -0.384. The molecule has 0 atom stereocenters. The van der Waals surface area contributed by atoms with Gasteiger partial charge in [-0.2, -0.15) is 4.37 Å². The molecule has 0 fully saturated rings. The van der Waals surface area contributed by atoms with Gasteiger partial charge in [0.05, 0.1) is 21.7 Å². The van der Waals surface area contributed by atoms with E-state index >= 15 is 0 Å². The van der Waals surface area contributed by atoms with Gasteiger partial charge in [-0.25, -0.2) is 0 Å². The maximum atomic E-state index is 10.5. The van der Waals surface area contributed by atoms with Gasteiger partial charge in [0.1, 0.15) is 5.75 Å². The second kappa shape index (κ2) is 4.82. The standard InChI is InChI=1S/C8H3Cl2N3O3S/c9-5-3-4(13(14)15)1-2-6(5)16-8-7(10)11-17-12-8/h1-3H. The normalized spacial score (nSPS) is 10.2. The Bertz CT molecular complexity index is 575. The molecule has 0 saturated heterocycles. The number of hydrogen-bond donors (Lipinski definition) is 0. The number of ether oxygens (including phenoxy) is 1. The van der Waals surface area contributed by atoms with E-state index in [-0.39, 0.29) is 27.5 Å². The van der Waals surface area contributed by atoms with Crippen molar-refractivity contribution in [3.63, 3.8) is 0 Å². The van der Waals surface area contributed by atoms with Gasteiger partial charge in [-0.3, -0.25) is 10.1 Å². The third kappa shape index (κ3) is 2.63. The molecule has 1 heterocycles. The van der Waals surface area contributed by atoms with Crippen molar-refractivity contribution in [3.05, 3.63) is 38.5 Å². The van der Waals surface area contributed by atoms with Crippen LogP contribution in [-0.2, 0) is 0 Å². The summed E-state index contributed by atoms with van der Waals surface area (Å²) in [5.41, 5.74) is -0.121. The van der Waals surface area contributed by atoms with Crippen LogP contribution < -0.4 is 4.74 Å². The molecule has 2 aromatic rings. The highest BCUT2D eigenvalue weighted by Crippen LogP contribution is 2.34. The maximum absolute atomic E-state index is 10.5. The van der Waals surface area contributed by atoms with Crippen LogP contribution in [0.3, 0.4) is 0 Å². The SMILES string of the molecule is O=[N+]([O-])c1ccc(Oc2nsnc2Cl)c(Cl)c1. The van der Waals surface area contributed by atoms with Crippen molar-refractivity contribution in [1.29, 1.82) is 0 Å². The Morgan fingerprint density at radius 3 is 2.65 bits per heavy atom. The van der Waals surface area contributed by atoms with Gasteiger partial charge >= 0.3 is 0 Å². The lowest BCUT2D eigenvalue weighted by Crippen LogP contribution is -1.90. The molecule has 0 amide bonds. The van der Waals surface area contributed by atoms with Crippen LogP contribution in [0.4, 0.5) is 5.69 Å². The van der Waals surface area contributed by atoms with E-state index in [1.807, 2.05) is 0 Å². The number of nitro benzene ring substituents is 1. The van der Waals surface area contributed by atoms with E-state index in [1.54, 1.807) is 0 Å². The van der Waals surface area contributed by atoms with Crippen molar-refractivity contribution >= 4 is 40.6 Å². The molecule has 0 aliphatic carbocycles. The number of rotatable bonds is 3. The van der Waals surface area contributed by atoms with Crippen molar-refractivity contribution in [3.8, 4) is 11.6 Å². The second-order valence-electron chi connectivity index (χ2n) is 2.83. The van der Waals surface area contributed by atoms with E-state index in [0.29, 0.717) is 0 Å². The Balaban J connectivity index is 2.29. The molecular weight excluding hydrogens is 289 g/mol. The fraction of sp³-hybridized carbons (Fsp3) is 0. The van der Waals surface area contributed by atoms with E-state index in [2.05, 4.69) is 8.75 Å². The molecule has 0 N–H and O–H groups in total. The number of benzene rings is 1. The van der Waals surface area contributed by atoms with Crippen molar-refractivity contribution in [2.75, 3.05) is 0 Å². The first-order chi connectivity index (χ1) is 8.08. The van der Waals surface area contributed by atoms with Crippen LogP contribution >= 0.6 is 34.9 Å². The average Bonchev–Trinajstić information content (AvgIpc) is 2.67. The zero-order valence-electron chi connectivity index (χ0n) is 7.96. The summed E-state index contributed by atoms with van der Waals surface area (Å²) in [6, 6.07) is 3.83. The molecule has 0 saturated carbocycles. The monoisotopic (exact) mass is 291 g/mol. The molecule has 17 heavy (non-hydrogen) atoms. The summed E-state index contributed by atoms with van der Waals surface area (Å²) < 4.78 is 12.8. The number of nitrogens with zero attached hydrogens (tertiary/aromatic N) is 3. The predicted molar refractivity (Wildman–Crippen MR) is 63.1 cm³/mol. The second-order valence-corrected chi connectivity index (χ2v) is 4.13. The lowest BCUT2D eigenvalue weighted by Gasteiger charge is -2.03. The fourth-order valence-electron chi connectivity index (χ4n) is 1.02. The number of halogens is 2. The van der Waals surface area contributed by atoms with Gasteiger partial charge in [0.25, 0.3) is 11.6 Å². The summed E-state index contributed by atoms with van der Waals surface area (Å²) in [4.78, 5) is 9.95. The lowest BCUT2D eigenvalue weighted by atomic mass is 10.3. The first-order valence-corrected chi connectivity index (χ1v) is 5.66. The Morgan fingerprint density at radius 1 is 1.35 bits per heavy atom. The molecule has 1 aromatic carbocycles. The molecule has 0 spiro atoms. The summed E-state index contributed by atoms with van der Waals surface area (Å²) in [5, 5.41) is 10.7. The maximum Gasteiger partial charge on any atom is 0.271 e. The predicted octanol–water partition coefficient (Wildman–Crippen LogP) is 3.55. The number of nitro groups is 1.